The standard InChI is InChI=1S/C20H26N2O6S2/c23-29(24)14-17(20(15-29)30(25,26)16-5-2-1-3-6-16)21-13-18(19-7-4-10-28-19)22-8-11-27-12-9-22/h1-7,10,17-18,20-21H,8-9,11-15H2/t17-,18?,20-/m0/s1. The Bertz CT molecular complexity index is 1030. The second-order valence-corrected chi connectivity index (χ2v) is 12.0. The van der Waals surface area contributed by atoms with Crippen LogP contribution in [0.3, 0.4) is 0 Å². The van der Waals surface area contributed by atoms with Crippen LogP contribution in [0.4, 0.5) is 0 Å². The maximum atomic E-state index is 13.2. The lowest BCUT2D eigenvalue weighted by atomic mass is 10.1. The van der Waals surface area contributed by atoms with Crippen molar-refractivity contribution in [3.63, 3.8) is 0 Å². The van der Waals surface area contributed by atoms with E-state index in [1.807, 2.05) is 12.1 Å². The summed E-state index contributed by atoms with van der Waals surface area (Å²) in [6, 6.07) is 10.9. The number of rotatable bonds is 7. The summed E-state index contributed by atoms with van der Waals surface area (Å²) in [5.41, 5.74) is 0. The second kappa shape index (κ2) is 8.80. The zero-order valence-electron chi connectivity index (χ0n) is 16.5. The molecule has 2 aliphatic rings. The smallest absolute Gasteiger partial charge is 0.183 e. The molecule has 2 saturated heterocycles. The van der Waals surface area contributed by atoms with Gasteiger partial charge in [-0.05, 0) is 24.3 Å². The van der Waals surface area contributed by atoms with Gasteiger partial charge in [-0.3, -0.25) is 4.90 Å². The molecule has 30 heavy (non-hydrogen) atoms. The molecule has 10 heteroatoms. The van der Waals surface area contributed by atoms with Gasteiger partial charge in [0.25, 0.3) is 0 Å². The Morgan fingerprint density at radius 2 is 1.80 bits per heavy atom. The molecule has 1 aromatic heterocycles. The first kappa shape index (κ1) is 21.5. The third-order valence-corrected chi connectivity index (χ3v) is 9.87. The molecule has 0 radical (unpaired) electrons. The molecule has 1 N–H and O–H groups in total. The van der Waals surface area contributed by atoms with Gasteiger partial charge in [-0.15, -0.1) is 0 Å². The van der Waals surface area contributed by atoms with E-state index in [-0.39, 0.29) is 22.4 Å². The summed E-state index contributed by atoms with van der Waals surface area (Å²) in [5.74, 6) is 0.190. The summed E-state index contributed by atoms with van der Waals surface area (Å²) in [5, 5.41) is 2.23. The predicted molar refractivity (Wildman–Crippen MR) is 112 cm³/mol. The molecule has 0 amide bonds. The Kier molecular flexibility index (Phi) is 6.31. The highest BCUT2D eigenvalue weighted by atomic mass is 32.2. The van der Waals surface area contributed by atoms with Crippen LogP contribution < -0.4 is 5.32 Å². The van der Waals surface area contributed by atoms with Crippen molar-refractivity contribution >= 4 is 19.7 Å². The van der Waals surface area contributed by atoms with Gasteiger partial charge in [-0.25, -0.2) is 16.8 Å². The molecule has 1 aromatic carbocycles. The normalized spacial score (nSPS) is 25.9. The van der Waals surface area contributed by atoms with E-state index >= 15 is 0 Å². The van der Waals surface area contributed by atoms with Gasteiger partial charge in [0.1, 0.15) is 5.76 Å². The molecule has 2 aromatic rings. The van der Waals surface area contributed by atoms with Gasteiger partial charge in [0.05, 0.1) is 47.2 Å². The van der Waals surface area contributed by atoms with Gasteiger partial charge in [0, 0.05) is 25.7 Å². The number of furan rings is 1. The van der Waals surface area contributed by atoms with Gasteiger partial charge < -0.3 is 14.5 Å². The zero-order valence-corrected chi connectivity index (χ0v) is 18.1. The van der Waals surface area contributed by atoms with E-state index in [2.05, 4.69) is 10.2 Å². The van der Waals surface area contributed by atoms with Crippen molar-refractivity contribution in [2.24, 2.45) is 0 Å². The Morgan fingerprint density at radius 3 is 2.47 bits per heavy atom. The lowest BCUT2D eigenvalue weighted by Crippen LogP contribution is -2.48. The predicted octanol–water partition coefficient (Wildman–Crippen LogP) is 0.882. The van der Waals surface area contributed by atoms with E-state index in [9.17, 15) is 16.8 Å². The Labute approximate surface area is 177 Å². The van der Waals surface area contributed by atoms with Crippen LogP contribution >= 0.6 is 0 Å². The van der Waals surface area contributed by atoms with Crippen LogP contribution in [-0.4, -0.2) is 77.4 Å². The first-order chi connectivity index (χ1) is 14.4. The lowest BCUT2D eigenvalue weighted by Gasteiger charge is -2.34. The Morgan fingerprint density at radius 1 is 1.07 bits per heavy atom. The molecular weight excluding hydrogens is 428 g/mol. The number of nitrogens with one attached hydrogen (secondary N) is 1. The summed E-state index contributed by atoms with van der Waals surface area (Å²) >= 11 is 0. The van der Waals surface area contributed by atoms with Crippen LogP contribution in [0.25, 0.3) is 0 Å². The molecule has 2 fully saturated rings. The molecule has 164 valence electrons. The molecule has 3 heterocycles. The number of hydrogen-bond acceptors (Lipinski definition) is 8. The average molecular weight is 455 g/mol. The monoisotopic (exact) mass is 454 g/mol. The molecule has 1 unspecified atom stereocenters. The Hall–Kier alpha value is -1.72. The highest BCUT2D eigenvalue weighted by Crippen LogP contribution is 2.27. The maximum absolute atomic E-state index is 13.2. The molecule has 0 aliphatic carbocycles. The molecule has 8 nitrogen and oxygen atoms in total. The summed E-state index contributed by atoms with van der Waals surface area (Å²) in [6.45, 7) is 3.05. The van der Waals surface area contributed by atoms with Crippen LogP contribution in [0, 0.1) is 0 Å². The second-order valence-electron chi connectivity index (χ2n) is 7.67. The van der Waals surface area contributed by atoms with Crippen LogP contribution in [0.15, 0.2) is 58.0 Å². The third-order valence-electron chi connectivity index (χ3n) is 5.70. The first-order valence-electron chi connectivity index (χ1n) is 9.95. The van der Waals surface area contributed by atoms with Gasteiger partial charge in [-0.2, -0.15) is 0 Å². The molecule has 0 saturated carbocycles. The fourth-order valence-electron chi connectivity index (χ4n) is 4.14. The third kappa shape index (κ3) is 4.62. The molecule has 0 spiro atoms. The van der Waals surface area contributed by atoms with Crippen LogP contribution in [0.1, 0.15) is 11.8 Å². The van der Waals surface area contributed by atoms with E-state index in [0.717, 1.165) is 18.8 Å². The fraction of sp³-hybridized carbons (Fsp3) is 0.500. The highest BCUT2D eigenvalue weighted by Gasteiger charge is 2.46. The Balaban J connectivity index is 1.55. The minimum absolute atomic E-state index is 0.132. The van der Waals surface area contributed by atoms with Crippen molar-refractivity contribution in [2.75, 3.05) is 44.4 Å². The average Bonchev–Trinajstić information content (AvgIpc) is 3.38. The molecule has 2 aliphatic heterocycles. The van der Waals surface area contributed by atoms with E-state index < -0.39 is 31.0 Å². The van der Waals surface area contributed by atoms with Crippen molar-refractivity contribution in [1.82, 2.24) is 10.2 Å². The fourth-order valence-corrected chi connectivity index (χ4v) is 8.88. The van der Waals surface area contributed by atoms with Crippen LogP contribution in [0.5, 0.6) is 0 Å². The number of sulfone groups is 2. The van der Waals surface area contributed by atoms with E-state index in [0.29, 0.717) is 19.8 Å². The van der Waals surface area contributed by atoms with Crippen molar-refractivity contribution < 1.29 is 26.0 Å². The van der Waals surface area contributed by atoms with Crippen LogP contribution in [-0.2, 0) is 24.4 Å². The number of morpholine rings is 1. The number of nitrogens with zero attached hydrogens (tertiary/aromatic N) is 1. The van der Waals surface area contributed by atoms with Crippen LogP contribution in [0.2, 0.25) is 0 Å². The molecule has 3 atom stereocenters. The minimum Gasteiger partial charge on any atom is -0.468 e. The summed E-state index contributed by atoms with van der Waals surface area (Å²) < 4.78 is 62.1. The largest absolute Gasteiger partial charge is 0.468 e. The van der Waals surface area contributed by atoms with Gasteiger partial charge in [0.2, 0.25) is 0 Å². The SMILES string of the molecule is O=S1(=O)C[C@H](NCC(c2ccco2)N2CCOCC2)[C@@H](S(=O)(=O)c2ccccc2)C1. The summed E-state index contributed by atoms with van der Waals surface area (Å²) in [4.78, 5) is 2.36. The maximum Gasteiger partial charge on any atom is 0.183 e. The van der Waals surface area contributed by atoms with Gasteiger partial charge in [-0.1, -0.05) is 18.2 Å². The van der Waals surface area contributed by atoms with Crippen molar-refractivity contribution in [2.45, 2.75) is 22.2 Å². The molecular formula is C20H26N2O6S2. The highest BCUT2D eigenvalue weighted by molar-refractivity contribution is 7.96. The molecule has 0 bridgehead atoms. The van der Waals surface area contributed by atoms with Gasteiger partial charge >= 0.3 is 0 Å². The van der Waals surface area contributed by atoms with Crippen molar-refractivity contribution in [3.05, 3.63) is 54.5 Å². The van der Waals surface area contributed by atoms with Gasteiger partial charge in [0.15, 0.2) is 19.7 Å². The number of benzene rings is 1. The first-order valence-corrected chi connectivity index (χ1v) is 13.3. The zero-order chi connectivity index (χ0) is 21.2. The quantitative estimate of drug-likeness (QED) is 0.657. The number of ether oxygens (including phenoxy) is 1. The van der Waals surface area contributed by atoms with E-state index in [4.69, 9.17) is 9.15 Å². The number of hydrogen-bond donors (Lipinski definition) is 1. The van der Waals surface area contributed by atoms with Crippen molar-refractivity contribution in [3.8, 4) is 0 Å². The summed E-state index contributed by atoms with van der Waals surface area (Å²) in [6.07, 6.45) is 1.60. The summed E-state index contributed by atoms with van der Waals surface area (Å²) in [7, 11) is -7.25. The van der Waals surface area contributed by atoms with E-state index in [1.165, 1.54) is 12.1 Å². The molecule has 4 rings (SSSR count). The topological polar surface area (TPSA) is 106 Å². The van der Waals surface area contributed by atoms with E-state index in [1.54, 1.807) is 24.5 Å². The van der Waals surface area contributed by atoms with Crippen molar-refractivity contribution in [1.29, 1.82) is 0 Å². The minimum atomic E-state index is -3.78. The lowest BCUT2D eigenvalue weighted by molar-refractivity contribution is 0.0113.